The fraction of sp³-hybridized carbons (Fsp3) is 0.385. The number of hydrogen-bond donors (Lipinski definition) is 3. The van der Waals surface area contributed by atoms with Crippen LogP contribution >= 0.6 is 15.9 Å². The van der Waals surface area contributed by atoms with E-state index in [0.717, 1.165) is 0 Å². The van der Waals surface area contributed by atoms with Crippen LogP contribution < -0.4 is 10.5 Å². The van der Waals surface area contributed by atoms with Crippen molar-refractivity contribution < 1.29 is 23.1 Å². The van der Waals surface area contributed by atoms with Crippen LogP contribution in [0.4, 0.5) is 0 Å². The molecule has 4 N–H and O–H groups in total. The molecule has 0 aliphatic rings. The molecule has 9 heteroatoms. The van der Waals surface area contributed by atoms with Crippen molar-refractivity contribution in [3.05, 3.63) is 27.7 Å². The molecular formula is C13H17BrN2O5S. The van der Waals surface area contributed by atoms with Crippen molar-refractivity contribution in [2.24, 2.45) is 5.14 Å². The van der Waals surface area contributed by atoms with Crippen LogP contribution in [0.25, 0.3) is 0 Å². The maximum Gasteiger partial charge on any atom is 0.326 e. The molecule has 0 saturated carbocycles. The Hall–Kier alpha value is -1.45. The zero-order chi connectivity index (χ0) is 17.1. The molecular weight excluding hydrogens is 376 g/mol. The van der Waals surface area contributed by atoms with E-state index in [1.54, 1.807) is 6.92 Å². The van der Waals surface area contributed by atoms with Crippen molar-refractivity contribution in [1.29, 1.82) is 0 Å². The molecule has 0 aliphatic carbocycles. The molecule has 1 atom stereocenters. The van der Waals surface area contributed by atoms with Crippen molar-refractivity contribution in [2.75, 3.05) is 0 Å². The molecule has 1 unspecified atom stereocenters. The lowest BCUT2D eigenvalue weighted by Crippen LogP contribution is -2.41. The van der Waals surface area contributed by atoms with Gasteiger partial charge in [-0.3, -0.25) is 4.79 Å². The maximum absolute atomic E-state index is 12.3. The number of carboxylic acids is 1. The first-order valence-electron chi connectivity index (χ1n) is 6.44. The van der Waals surface area contributed by atoms with E-state index in [1.807, 2.05) is 0 Å². The molecule has 22 heavy (non-hydrogen) atoms. The molecule has 1 amide bonds. The van der Waals surface area contributed by atoms with Crippen molar-refractivity contribution in [2.45, 2.75) is 37.6 Å². The summed E-state index contributed by atoms with van der Waals surface area (Å²) >= 11 is 3.12. The van der Waals surface area contributed by atoms with Crippen LogP contribution in [-0.2, 0) is 14.8 Å². The van der Waals surface area contributed by atoms with Gasteiger partial charge < -0.3 is 10.4 Å². The fourth-order valence-corrected chi connectivity index (χ4v) is 3.40. The minimum atomic E-state index is -3.99. The van der Waals surface area contributed by atoms with E-state index in [1.165, 1.54) is 19.1 Å². The molecule has 1 aromatic carbocycles. The molecule has 0 saturated heterocycles. The molecule has 1 aromatic rings. The Labute approximate surface area is 137 Å². The molecule has 1 rings (SSSR count). The lowest BCUT2D eigenvalue weighted by Gasteiger charge is -2.16. The summed E-state index contributed by atoms with van der Waals surface area (Å²) in [6, 6.07) is 1.68. The van der Waals surface area contributed by atoms with Crippen LogP contribution in [0.2, 0.25) is 0 Å². The van der Waals surface area contributed by atoms with Gasteiger partial charge in [0.25, 0.3) is 5.91 Å². The third-order valence-electron chi connectivity index (χ3n) is 3.06. The molecule has 122 valence electrons. The number of sulfonamides is 1. The van der Waals surface area contributed by atoms with E-state index in [4.69, 9.17) is 10.2 Å². The fourth-order valence-electron chi connectivity index (χ4n) is 1.97. The zero-order valence-electron chi connectivity index (χ0n) is 12.1. The summed E-state index contributed by atoms with van der Waals surface area (Å²) in [4.78, 5) is 23.2. The van der Waals surface area contributed by atoms with Gasteiger partial charge >= 0.3 is 5.97 Å². The number of aliphatic carboxylic acids is 1. The topological polar surface area (TPSA) is 127 Å². The number of nitrogens with two attached hydrogens (primary N) is 1. The summed E-state index contributed by atoms with van der Waals surface area (Å²) in [5, 5.41) is 16.6. The second-order valence-corrected chi connectivity index (χ2v) is 7.22. The van der Waals surface area contributed by atoms with Crippen LogP contribution in [0.3, 0.4) is 0 Å². The third kappa shape index (κ3) is 4.52. The number of hydrogen-bond acceptors (Lipinski definition) is 4. The van der Waals surface area contributed by atoms with Crippen molar-refractivity contribution >= 4 is 37.8 Å². The average Bonchev–Trinajstić information content (AvgIpc) is 2.38. The second kappa shape index (κ2) is 7.21. The highest BCUT2D eigenvalue weighted by Crippen LogP contribution is 2.24. The number of rotatable bonds is 6. The molecule has 0 spiro atoms. The SMILES string of the molecule is CCCC(NC(=O)c1cc(Br)cc(S(N)(=O)=O)c1C)C(=O)O. The Balaban J connectivity index is 3.24. The standard InChI is InChI=1S/C13H17BrN2O5S/c1-3-4-10(13(18)19)16-12(17)9-5-8(14)6-11(7(9)2)22(15,20)21/h5-6,10H,3-4H2,1-2H3,(H,16,17)(H,18,19)(H2,15,20,21). The molecule has 0 bridgehead atoms. The predicted octanol–water partition coefficient (Wildman–Crippen LogP) is 1.39. The molecule has 0 heterocycles. The number of benzene rings is 1. The molecule has 0 aromatic heterocycles. The van der Waals surface area contributed by atoms with Gasteiger partial charge in [-0.2, -0.15) is 0 Å². The smallest absolute Gasteiger partial charge is 0.326 e. The van der Waals surface area contributed by atoms with Gasteiger partial charge in [-0.25, -0.2) is 18.4 Å². The van der Waals surface area contributed by atoms with Crippen LogP contribution in [0, 0.1) is 6.92 Å². The summed E-state index contributed by atoms with van der Waals surface area (Å²) < 4.78 is 23.4. The average molecular weight is 393 g/mol. The highest BCUT2D eigenvalue weighted by molar-refractivity contribution is 9.10. The van der Waals surface area contributed by atoms with Gasteiger partial charge in [0, 0.05) is 10.0 Å². The number of primary sulfonamides is 1. The zero-order valence-corrected chi connectivity index (χ0v) is 14.5. The Bertz CT molecular complexity index is 703. The number of carbonyl (C=O) groups is 2. The number of halogens is 1. The van der Waals surface area contributed by atoms with Gasteiger partial charge in [0.05, 0.1) is 4.90 Å². The Morgan fingerprint density at radius 3 is 2.45 bits per heavy atom. The molecule has 0 fully saturated rings. The summed E-state index contributed by atoms with van der Waals surface area (Å²) in [5.74, 6) is -1.81. The second-order valence-electron chi connectivity index (χ2n) is 4.77. The van der Waals surface area contributed by atoms with Gasteiger partial charge in [0.1, 0.15) is 6.04 Å². The van der Waals surface area contributed by atoms with Crippen LogP contribution in [-0.4, -0.2) is 31.4 Å². The van der Waals surface area contributed by atoms with E-state index in [0.29, 0.717) is 10.9 Å². The lowest BCUT2D eigenvalue weighted by molar-refractivity contribution is -0.139. The van der Waals surface area contributed by atoms with Crippen LogP contribution in [0.5, 0.6) is 0 Å². The third-order valence-corrected chi connectivity index (χ3v) is 4.55. The Kier molecular flexibility index (Phi) is 6.09. The van der Waals surface area contributed by atoms with Gasteiger partial charge in [-0.15, -0.1) is 0 Å². The largest absolute Gasteiger partial charge is 0.480 e. The summed E-state index contributed by atoms with van der Waals surface area (Å²) in [6.45, 7) is 3.24. The van der Waals surface area contributed by atoms with Crippen molar-refractivity contribution in [3.8, 4) is 0 Å². The summed E-state index contributed by atoms with van der Waals surface area (Å²) in [7, 11) is -3.99. The minimum absolute atomic E-state index is 0.0563. The van der Waals surface area contributed by atoms with E-state index >= 15 is 0 Å². The highest BCUT2D eigenvalue weighted by atomic mass is 79.9. The predicted molar refractivity (Wildman–Crippen MR) is 84.1 cm³/mol. The Morgan fingerprint density at radius 2 is 2.00 bits per heavy atom. The van der Waals surface area contributed by atoms with Crippen LogP contribution in [0.15, 0.2) is 21.5 Å². The lowest BCUT2D eigenvalue weighted by atomic mass is 10.1. The number of carboxylic acid groups (broad SMARTS) is 1. The van der Waals surface area contributed by atoms with E-state index < -0.39 is 27.9 Å². The summed E-state index contributed by atoms with van der Waals surface area (Å²) in [5.41, 5.74) is 0.226. The van der Waals surface area contributed by atoms with E-state index in [-0.39, 0.29) is 22.4 Å². The van der Waals surface area contributed by atoms with Crippen molar-refractivity contribution in [3.63, 3.8) is 0 Å². The van der Waals surface area contributed by atoms with E-state index in [2.05, 4.69) is 21.2 Å². The maximum atomic E-state index is 12.3. The van der Waals surface area contributed by atoms with Crippen molar-refractivity contribution in [1.82, 2.24) is 5.32 Å². The normalized spacial score (nSPS) is 12.7. The van der Waals surface area contributed by atoms with Gasteiger partial charge in [0.15, 0.2) is 0 Å². The first-order valence-corrected chi connectivity index (χ1v) is 8.78. The molecule has 0 radical (unpaired) electrons. The van der Waals surface area contributed by atoms with Gasteiger partial charge in [-0.1, -0.05) is 29.3 Å². The Morgan fingerprint density at radius 1 is 1.41 bits per heavy atom. The monoisotopic (exact) mass is 392 g/mol. The number of carbonyl (C=O) groups excluding carboxylic acids is 1. The van der Waals surface area contributed by atoms with Gasteiger partial charge in [0.2, 0.25) is 10.0 Å². The van der Waals surface area contributed by atoms with Gasteiger partial charge in [-0.05, 0) is 31.0 Å². The summed E-state index contributed by atoms with van der Waals surface area (Å²) in [6.07, 6.45) is 0.854. The molecule has 0 aliphatic heterocycles. The minimum Gasteiger partial charge on any atom is -0.480 e. The number of amides is 1. The number of nitrogens with one attached hydrogen (secondary N) is 1. The quantitative estimate of drug-likeness (QED) is 0.673. The van der Waals surface area contributed by atoms with Crippen LogP contribution in [0.1, 0.15) is 35.7 Å². The molecule has 7 nitrogen and oxygen atoms in total. The first kappa shape index (κ1) is 18.6. The van der Waals surface area contributed by atoms with E-state index in [9.17, 15) is 18.0 Å². The first-order chi connectivity index (χ1) is 10.1. The highest BCUT2D eigenvalue weighted by Gasteiger charge is 2.23.